The van der Waals surface area contributed by atoms with Gasteiger partial charge in [-0.15, -0.1) is 0 Å². The van der Waals surface area contributed by atoms with Crippen molar-refractivity contribution < 1.29 is 4.74 Å². The second kappa shape index (κ2) is 7.93. The number of halogens is 1. The Kier molecular flexibility index (Phi) is 6.90. The molecule has 18 heavy (non-hydrogen) atoms. The molecule has 1 aromatic carbocycles. The van der Waals surface area contributed by atoms with Crippen LogP contribution in [0.3, 0.4) is 0 Å². The van der Waals surface area contributed by atoms with Gasteiger partial charge in [-0.25, -0.2) is 0 Å². The maximum Gasteiger partial charge on any atom is 0.0727 e. The lowest BCUT2D eigenvalue weighted by Crippen LogP contribution is -2.36. The fourth-order valence-corrected chi connectivity index (χ4v) is 1.99. The Morgan fingerprint density at radius 1 is 1.17 bits per heavy atom. The molecule has 0 aliphatic carbocycles. The first-order chi connectivity index (χ1) is 8.49. The molecule has 1 rings (SSSR count). The van der Waals surface area contributed by atoms with Crippen LogP contribution in [-0.2, 0) is 11.3 Å². The predicted molar refractivity (Wildman–Crippen MR) is 80.8 cm³/mol. The van der Waals surface area contributed by atoms with E-state index in [1.165, 1.54) is 5.56 Å². The second-order valence-electron chi connectivity index (χ2n) is 5.53. The van der Waals surface area contributed by atoms with Gasteiger partial charge in [0.2, 0.25) is 0 Å². The molecule has 0 saturated carbocycles. The Balaban J connectivity index is 2.04. The predicted octanol–water partition coefficient (Wildman–Crippen LogP) is 4.13. The third-order valence-corrected chi connectivity index (χ3v) is 3.36. The minimum atomic E-state index is 0.218. The quantitative estimate of drug-likeness (QED) is 0.764. The lowest BCUT2D eigenvalue weighted by molar-refractivity contribution is 0.116. The molecule has 0 amide bonds. The fourth-order valence-electron chi connectivity index (χ4n) is 1.59. The zero-order valence-electron chi connectivity index (χ0n) is 11.6. The van der Waals surface area contributed by atoms with E-state index in [0.29, 0.717) is 6.61 Å². The van der Waals surface area contributed by atoms with Gasteiger partial charge in [0.25, 0.3) is 0 Å². The summed E-state index contributed by atoms with van der Waals surface area (Å²) in [6, 6.07) is 8.19. The maximum absolute atomic E-state index is 5.67. The van der Waals surface area contributed by atoms with E-state index in [1.54, 1.807) is 0 Å². The highest BCUT2D eigenvalue weighted by molar-refractivity contribution is 9.10. The normalized spacial score (nSPS) is 11.8. The molecule has 3 heteroatoms. The fraction of sp³-hybridized carbons (Fsp3) is 0.600. The number of benzene rings is 1. The summed E-state index contributed by atoms with van der Waals surface area (Å²) in [6.45, 7) is 9.15. The third kappa shape index (κ3) is 7.14. The molecule has 0 saturated heterocycles. The van der Waals surface area contributed by atoms with Gasteiger partial charge in [-0.1, -0.05) is 34.1 Å². The van der Waals surface area contributed by atoms with Crippen LogP contribution in [0.2, 0.25) is 0 Å². The van der Waals surface area contributed by atoms with Crippen molar-refractivity contribution in [2.45, 2.75) is 45.8 Å². The molecule has 0 spiro atoms. The summed E-state index contributed by atoms with van der Waals surface area (Å²) in [5, 5.41) is 3.48. The Morgan fingerprint density at radius 3 is 2.56 bits per heavy atom. The zero-order valence-corrected chi connectivity index (χ0v) is 13.2. The highest BCUT2D eigenvalue weighted by Gasteiger charge is 2.06. The van der Waals surface area contributed by atoms with Crippen molar-refractivity contribution in [3.05, 3.63) is 34.3 Å². The maximum atomic E-state index is 5.67. The molecule has 0 aliphatic heterocycles. The zero-order chi connectivity index (χ0) is 13.4. The van der Waals surface area contributed by atoms with E-state index in [1.807, 2.05) is 18.2 Å². The van der Waals surface area contributed by atoms with Gasteiger partial charge in [0.05, 0.1) is 6.61 Å². The van der Waals surface area contributed by atoms with Crippen LogP contribution in [0, 0.1) is 0 Å². The van der Waals surface area contributed by atoms with Gasteiger partial charge in [-0.05, 0) is 51.8 Å². The smallest absolute Gasteiger partial charge is 0.0727 e. The minimum Gasteiger partial charge on any atom is -0.377 e. The number of rotatable bonds is 7. The molecule has 0 aromatic heterocycles. The molecular weight excluding hydrogens is 290 g/mol. The van der Waals surface area contributed by atoms with E-state index >= 15 is 0 Å². The van der Waals surface area contributed by atoms with E-state index < -0.39 is 0 Å². The van der Waals surface area contributed by atoms with Gasteiger partial charge in [0.1, 0.15) is 0 Å². The van der Waals surface area contributed by atoms with Gasteiger partial charge >= 0.3 is 0 Å². The van der Waals surface area contributed by atoms with E-state index in [-0.39, 0.29) is 5.54 Å². The van der Waals surface area contributed by atoms with Crippen molar-refractivity contribution >= 4 is 15.9 Å². The second-order valence-corrected chi connectivity index (χ2v) is 6.38. The lowest BCUT2D eigenvalue weighted by atomic mass is 10.1. The van der Waals surface area contributed by atoms with E-state index in [2.05, 4.69) is 48.1 Å². The van der Waals surface area contributed by atoms with Crippen LogP contribution in [-0.4, -0.2) is 18.7 Å². The Labute approximate surface area is 119 Å². The van der Waals surface area contributed by atoms with Gasteiger partial charge in [-0.3, -0.25) is 0 Å². The summed E-state index contributed by atoms with van der Waals surface area (Å²) in [6.07, 6.45) is 2.26. The molecule has 1 N–H and O–H groups in total. The molecule has 0 aliphatic rings. The third-order valence-electron chi connectivity index (χ3n) is 2.59. The molecule has 0 unspecified atom stereocenters. The molecular formula is C15H24BrNO. The van der Waals surface area contributed by atoms with Crippen molar-refractivity contribution in [1.29, 1.82) is 0 Å². The van der Waals surface area contributed by atoms with Crippen molar-refractivity contribution in [3.63, 3.8) is 0 Å². The van der Waals surface area contributed by atoms with Gasteiger partial charge in [0.15, 0.2) is 0 Å². The molecule has 0 bridgehead atoms. The van der Waals surface area contributed by atoms with E-state index in [4.69, 9.17) is 4.74 Å². The first-order valence-electron chi connectivity index (χ1n) is 6.55. The van der Waals surface area contributed by atoms with Crippen LogP contribution in [0.25, 0.3) is 0 Å². The van der Waals surface area contributed by atoms with Crippen molar-refractivity contribution in [1.82, 2.24) is 5.32 Å². The minimum absolute atomic E-state index is 0.218. The van der Waals surface area contributed by atoms with Gasteiger partial charge < -0.3 is 10.1 Å². The standard InChI is InChI=1S/C15H24BrNO/c1-15(2,3)17-10-6-7-11-18-12-13-8-4-5-9-14(13)16/h4-5,8-9,17H,6-7,10-12H2,1-3H3. The Bertz CT molecular complexity index is 347. The molecule has 0 radical (unpaired) electrons. The summed E-state index contributed by atoms with van der Waals surface area (Å²) in [5.41, 5.74) is 1.43. The number of hydrogen-bond acceptors (Lipinski definition) is 2. The SMILES string of the molecule is CC(C)(C)NCCCCOCc1ccccc1Br. The summed E-state index contributed by atoms with van der Waals surface area (Å²) in [4.78, 5) is 0. The Morgan fingerprint density at radius 2 is 1.89 bits per heavy atom. The van der Waals surface area contributed by atoms with Crippen LogP contribution in [0.15, 0.2) is 28.7 Å². The van der Waals surface area contributed by atoms with Gasteiger partial charge in [0, 0.05) is 16.6 Å². The highest BCUT2D eigenvalue weighted by atomic mass is 79.9. The van der Waals surface area contributed by atoms with Crippen LogP contribution >= 0.6 is 15.9 Å². The molecule has 1 aromatic rings. The van der Waals surface area contributed by atoms with Gasteiger partial charge in [-0.2, -0.15) is 0 Å². The number of nitrogens with one attached hydrogen (secondary N) is 1. The lowest BCUT2D eigenvalue weighted by Gasteiger charge is -2.20. The molecule has 0 heterocycles. The summed E-state index contributed by atoms with van der Waals surface area (Å²) in [5.74, 6) is 0. The topological polar surface area (TPSA) is 21.3 Å². The highest BCUT2D eigenvalue weighted by Crippen LogP contribution is 2.16. The Hall–Kier alpha value is -0.380. The monoisotopic (exact) mass is 313 g/mol. The van der Waals surface area contributed by atoms with E-state index in [9.17, 15) is 0 Å². The largest absolute Gasteiger partial charge is 0.377 e. The van der Waals surface area contributed by atoms with E-state index in [0.717, 1.165) is 30.5 Å². The molecule has 0 atom stereocenters. The molecule has 2 nitrogen and oxygen atoms in total. The summed E-state index contributed by atoms with van der Waals surface area (Å²) >= 11 is 3.52. The van der Waals surface area contributed by atoms with Crippen molar-refractivity contribution in [2.75, 3.05) is 13.2 Å². The summed E-state index contributed by atoms with van der Waals surface area (Å²) in [7, 11) is 0. The molecule has 0 fully saturated rings. The van der Waals surface area contributed by atoms with Crippen molar-refractivity contribution in [3.8, 4) is 0 Å². The van der Waals surface area contributed by atoms with Crippen LogP contribution in [0.1, 0.15) is 39.2 Å². The first kappa shape index (κ1) is 15.7. The van der Waals surface area contributed by atoms with Crippen molar-refractivity contribution in [2.24, 2.45) is 0 Å². The van der Waals surface area contributed by atoms with Crippen LogP contribution in [0.5, 0.6) is 0 Å². The number of hydrogen-bond donors (Lipinski definition) is 1. The number of ether oxygens (including phenoxy) is 1. The number of unbranched alkanes of at least 4 members (excludes halogenated alkanes) is 1. The van der Waals surface area contributed by atoms with Crippen LogP contribution in [0.4, 0.5) is 0 Å². The molecule has 102 valence electrons. The first-order valence-corrected chi connectivity index (χ1v) is 7.34. The average Bonchev–Trinajstić information content (AvgIpc) is 2.28. The summed E-state index contributed by atoms with van der Waals surface area (Å²) < 4.78 is 6.80. The van der Waals surface area contributed by atoms with Crippen LogP contribution < -0.4 is 5.32 Å². The average molecular weight is 314 g/mol.